The highest BCUT2D eigenvalue weighted by atomic mass is 79.9. The van der Waals surface area contributed by atoms with E-state index in [1.54, 1.807) is 30.3 Å². The van der Waals surface area contributed by atoms with E-state index >= 15 is 0 Å². The lowest BCUT2D eigenvalue weighted by molar-refractivity contribution is -0.144. The van der Waals surface area contributed by atoms with Crippen LogP contribution in [0.3, 0.4) is 0 Å². The van der Waals surface area contributed by atoms with Gasteiger partial charge in [0, 0.05) is 10.2 Å². The number of urea groups is 1. The summed E-state index contributed by atoms with van der Waals surface area (Å²) in [4.78, 5) is 22.6. The van der Waals surface area contributed by atoms with Crippen LogP contribution in [0.15, 0.2) is 52.0 Å². The zero-order chi connectivity index (χ0) is 19.1. The molecule has 0 aliphatic rings. The highest BCUT2D eigenvalue weighted by molar-refractivity contribution is 9.10. The van der Waals surface area contributed by atoms with Crippen LogP contribution < -0.4 is 15.5 Å². The third-order valence-corrected chi connectivity index (χ3v) is 4.23. The molecule has 136 valence electrons. The van der Waals surface area contributed by atoms with Gasteiger partial charge in [-0.25, -0.2) is 15.0 Å². The molecule has 0 aromatic heterocycles. The molecule has 1 atom stereocenters. The number of hydrazone groups is 1. The van der Waals surface area contributed by atoms with Gasteiger partial charge in [0.15, 0.2) is 6.10 Å². The van der Waals surface area contributed by atoms with Crippen LogP contribution in [-0.4, -0.2) is 29.4 Å². The van der Waals surface area contributed by atoms with Gasteiger partial charge in [-0.1, -0.05) is 15.9 Å². The number of carboxylic acid groups (broad SMARTS) is 1. The first kappa shape index (κ1) is 19.5. The molecule has 2 aromatic rings. The SMILES string of the molecule is Cc1cc(NC(=O)N/N=C/c2ccc(O[C@H](C)C(=O)O)cc2)ccc1Br. The summed E-state index contributed by atoms with van der Waals surface area (Å²) in [6, 6.07) is 11.7. The fourth-order valence-corrected chi connectivity index (χ4v) is 2.18. The molecule has 7 nitrogen and oxygen atoms in total. The number of ether oxygens (including phenoxy) is 1. The number of hydrogen-bond acceptors (Lipinski definition) is 4. The maximum atomic E-state index is 11.8. The fourth-order valence-electron chi connectivity index (χ4n) is 1.93. The second-order valence-corrected chi connectivity index (χ2v) is 6.31. The molecule has 8 heteroatoms. The smallest absolute Gasteiger partial charge is 0.344 e. The topological polar surface area (TPSA) is 100 Å². The van der Waals surface area contributed by atoms with E-state index in [0.717, 1.165) is 15.6 Å². The van der Waals surface area contributed by atoms with Crippen LogP contribution in [0.25, 0.3) is 0 Å². The summed E-state index contributed by atoms with van der Waals surface area (Å²) in [7, 11) is 0. The van der Waals surface area contributed by atoms with E-state index in [1.807, 2.05) is 19.1 Å². The first-order valence-corrected chi connectivity index (χ1v) is 8.50. The van der Waals surface area contributed by atoms with E-state index in [4.69, 9.17) is 9.84 Å². The minimum atomic E-state index is -1.04. The summed E-state index contributed by atoms with van der Waals surface area (Å²) in [5, 5.41) is 15.3. The number of amides is 2. The van der Waals surface area contributed by atoms with Crippen molar-refractivity contribution in [3.63, 3.8) is 0 Å². The summed E-state index contributed by atoms with van der Waals surface area (Å²) in [5.74, 6) is -0.597. The van der Waals surface area contributed by atoms with Crippen LogP contribution in [0.4, 0.5) is 10.5 Å². The molecule has 0 spiro atoms. The Morgan fingerprint density at radius 1 is 1.23 bits per heavy atom. The average molecular weight is 420 g/mol. The molecule has 0 radical (unpaired) electrons. The number of carbonyl (C=O) groups excluding carboxylic acids is 1. The molecule has 3 N–H and O–H groups in total. The van der Waals surface area contributed by atoms with E-state index in [0.29, 0.717) is 11.4 Å². The van der Waals surface area contributed by atoms with Gasteiger partial charge < -0.3 is 15.2 Å². The number of rotatable bonds is 6. The molecule has 0 aliphatic heterocycles. The highest BCUT2D eigenvalue weighted by Crippen LogP contribution is 2.19. The number of carbonyl (C=O) groups is 2. The molecule has 0 bridgehead atoms. The third-order valence-electron chi connectivity index (χ3n) is 3.34. The van der Waals surface area contributed by atoms with Crippen molar-refractivity contribution in [2.75, 3.05) is 5.32 Å². The number of nitrogens with one attached hydrogen (secondary N) is 2. The molecule has 0 unspecified atom stereocenters. The van der Waals surface area contributed by atoms with Crippen molar-refractivity contribution in [1.29, 1.82) is 0 Å². The van der Waals surface area contributed by atoms with Crippen molar-refractivity contribution in [2.45, 2.75) is 20.0 Å². The zero-order valence-electron chi connectivity index (χ0n) is 14.2. The fraction of sp³-hybridized carbons (Fsp3) is 0.167. The number of benzene rings is 2. The van der Waals surface area contributed by atoms with Crippen molar-refractivity contribution < 1.29 is 19.4 Å². The Hall–Kier alpha value is -2.87. The molecule has 0 aliphatic carbocycles. The van der Waals surface area contributed by atoms with Crippen LogP contribution in [0.2, 0.25) is 0 Å². The van der Waals surface area contributed by atoms with Gasteiger partial charge in [-0.05, 0) is 67.4 Å². The summed E-state index contributed by atoms with van der Waals surface area (Å²) in [6.07, 6.45) is 0.540. The van der Waals surface area contributed by atoms with Gasteiger partial charge >= 0.3 is 12.0 Å². The minimum Gasteiger partial charge on any atom is -0.479 e. The maximum absolute atomic E-state index is 11.8. The van der Waals surface area contributed by atoms with Crippen LogP contribution in [0.5, 0.6) is 5.75 Å². The summed E-state index contributed by atoms with van der Waals surface area (Å²) in [5.41, 5.74) is 4.76. The second-order valence-electron chi connectivity index (χ2n) is 5.46. The molecule has 0 fully saturated rings. The quantitative estimate of drug-likeness (QED) is 0.489. The number of nitrogens with zero attached hydrogens (tertiary/aromatic N) is 1. The maximum Gasteiger partial charge on any atom is 0.344 e. The van der Waals surface area contributed by atoms with Crippen molar-refractivity contribution in [3.8, 4) is 5.75 Å². The first-order valence-electron chi connectivity index (χ1n) is 7.71. The molecule has 0 saturated carbocycles. The van der Waals surface area contributed by atoms with Crippen molar-refractivity contribution >= 4 is 39.8 Å². The largest absolute Gasteiger partial charge is 0.479 e. The van der Waals surface area contributed by atoms with E-state index in [9.17, 15) is 9.59 Å². The number of aliphatic carboxylic acids is 1. The summed E-state index contributed by atoms with van der Waals surface area (Å²) < 4.78 is 6.20. The van der Waals surface area contributed by atoms with Crippen LogP contribution in [0.1, 0.15) is 18.1 Å². The lowest BCUT2D eigenvalue weighted by Gasteiger charge is -2.10. The Kier molecular flexibility index (Phi) is 6.74. The molecular weight excluding hydrogens is 402 g/mol. The van der Waals surface area contributed by atoms with E-state index in [2.05, 4.69) is 31.8 Å². The van der Waals surface area contributed by atoms with Gasteiger partial charge in [-0.2, -0.15) is 5.10 Å². The van der Waals surface area contributed by atoms with E-state index < -0.39 is 18.1 Å². The van der Waals surface area contributed by atoms with Gasteiger partial charge in [0.05, 0.1) is 6.21 Å². The van der Waals surface area contributed by atoms with Gasteiger partial charge in [-0.15, -0.1) is 0 Å². The number of carboxylic acids is 1. The minimum absolute atomic E-state index is 0.438. The number of anilines is 1. The van der Waals surface area contributed by atoms with Crippen LogP contribution in [0, 0.1) is 6.92 Å². The molecule has 2 amide bonds. The Bertz CT molecular complexity index is 822. The Balaban J connectivity index is 1.86. The Morgan fingerprint density at radius 3 is 2.54 bits per heavy atom. The zero-order valence-corrected chi connectivity index (χ0v) is 15.8. The Labute approximate surface area is 159 Å². The molecule has 2 rings (SSSR count). The predicted octanol–water partition coefficient (Wildman–Crippen LogP) is 3.77. The first-order chi connectivity index (χ1) is 12.3. The lowest BCUT2D eigenvalue weighted by atomic mass is 10.2. The van der Waals surface area contributed by atoms with Gasteiger partial charge in [0.1, 0.15) is 5.75 Å². The van der Waals surface area contributed by atoms with Crippen LogP contribution >= 0.6 is 15.9 Å². The van der Waals surface area contributed by atoms with Crippen molar-refractivity contribution in [2.24, 2.45) is 5.10 Å². The van der Waals surface area contributed by atoms with Crippen molar-refractivity contribution in [1.82, 2.24) is 5.43 Å². The van der Waals surface area contributed by atoms with Gasteiger partial charge in [-0.3, -0.25) is 0 Å². The number of halogens is 1. The highest BCUT2D eigenvalue weighted by Gasteiger charge is 2.11. The predicted molar refractivity (Wildman–Crippen MR) is 103 cm³/mol. The summed E-state index contributed by atoms with van der Waals surface area (Å²) in [6.45, 7) is 3.38. The van der Waals surface area contributed by atoms with Gasteiger partial charge in [0.2, 0.25) is 0 Å². The monoisotopic (exact) mass is 419 g/mol. The van der Waals surface area contributed by atoms with Gasteiger partial charge in [0.25, 0.3) is 0 Å². The summed E-state index contributed by atoms with van der Waals surface area (Å²) >= 11 is 3.40. The second kappa shape index (κ2) is 9.00. The van der Waals surface area contributed by atoms with E-state index in [-0.39, 0.29) is 0 Å². The number of aryl methyl sites for hydroxylation is 1. The molecule has 2 aromatic carbocycles. The van der Waals surface area contributed by atoms with E-state index in [1.165, 1.54) is 13.1 Å². The standard InChI is InChI=1S/C18H18BrN3O4/c1-11-9-14(5-8-16(11)19)21-18(25)22-20-10-13-3-6-15(7-4-13)26-12(2)17(23)24/h3-10,12H,1-2H3,(H,23,24)(H2,21,22,25)/b20-10+/t12-/m1/s1. The molecule has 0 heterocycles. The Morgan fingerprint density at radius 2 is 1.92 bits per heavy atom. The van der Waals surface area contributed by atoms with Crippen molar-refractivity contribution in [3.05, 3.63) is 58.1 Å². The van der Waals surface area contributed by atoms with Crippen LogP contribution in [-0.2, 0) is 4.79 Å². The molecule has 26 heavy (non-hydrogen) atoms. The molecule has 0 saturated heterocycles. The molecular formula is C18H18BrN3O4. The lowest BCUT2D eigenvalue weighted by Crippen LogP contribution is -2.24. The average Bonchev–Trinajstić information content (AvgIpc) is 2.59. The normalized spacial score (nSPS) is 11.8. The third kappa shape index (κ3) is 5.89. The number of hydrogen-bond donors (Lipinski definition) is 3.